The molecule has 0 aliphatic carbocycles. The quantitative estimate of drug-likeness (QED) is 0.769. The maximum atomic E-state index is 11.7. The first-order valence-corrected chi connectivity index (χ1v) is 8.14. The van der Waals surface area contributed by atoms with Gasteiger partial charge >= 0.3 is 5.97 Å². The van der Waals surface area contributed by atoms with Crippen molar-refractivity contribution in [3.8, 4) is 5.75 Å². The van der Waals surface area contributed by atoms with E-state index in [1.807, 2.05) is 13.8 Å². The van der Waals surface area contributed by atoms with Gasteiger partial charge in [-0.05, 0) is 30.0 Å². The Bertz CT molecular complexity index is 595. The third-order valence-corrected chi connectivity index (χ3v) is 3.77. The van der Waals surface area contributed by atoms with Crippen molar-refractivity contribution in [3.05, 3.63) is 23.8 Å². The molecule has 21 heavy (non-hydrogen) atoms. The lowest BCUT2D eigenvalue weighted by Gasteiger charge is -2.10. The molecular formula is C14H21NO5S. The number of methoxy groups -OCH3 is 1. The smallest absolute Gasteiger partial charge is 0.310 e. The Morgan fingerprint density at radius 3 is 2.52 bits per heavy atom. The summed E-state index contributed by atoms with van der Waals surface area (Å²) >= 11 is 0. The maximum Gasteiger partial charge on any atom is 0.310 e. The van der Waals surface area contributed by atoms with Crippen molar-refractivity contribution in [2.45, 2.75) is 31.6 Å². The zero-order valence-electron chi connectivity index (χ0n) is 12.5. The second kappa shape index (κ2) is 7.42. The number of carbonyl (C=O) groups excluding carboxylic acids is 1. The number of hydrogen-bond acceptors (Lipinski definition) is 5. The number of sulfonamides is 1. The van der Waals surface area contributed by atoms with Gasteiger partial charge in [-0.1, -0.05) is 19.9 Å². The summed E-state index contributed by atoms with van der Waals surface area (Å²) in [5, 5.41) is 5.12. The molecule has 0 amide bonds. The maximum absolute atomic E-state index is 11.7. The molecule has 1 rings (SSSR count). The van der Waals surface area contributed by atoms with Crippen molar-refractivity contribution in [1.82, 2.24) is 0 Å². The summed E-state index contributed by atoms with van der Waals surface area (Å²) in [4.78, 5) is 11.5. The van der Waals surface area contributed by atoms with Crippen LogP contribution in [0.5, 0.6) is 5.75 Å². The van der Waals surface area contributed by atoms with E-state index in [9.17, 15) is 13.2 Å². The minimum Gasteiger partial charge on any atom is -0.495 e. The Balaban J connectivity index is 2.79. The minimum absolute atomic E-state index is 0.00932. The zero-order valence-corrected chi connectivity index (χ0v) is 13.3. The van der Waals surface area contributed by atoms with Crippen LogP contribution in [0.1, 0.15) is 25.8 Å². The Morgan fingerprint density at radius 2 is 2.00 bits per heavy atom. The third kappa shape index (κ3) is 5.73. The normalized spacial score (nSPS) is 11.5. The summed E-state index contributed by atoms with van der Waals surface area (Å²) in [5.74, 6) is 0.198. The summed E-state index contributed by atoms with van der Waals surface area (Å²) in [6.45, 7) is 4.43. The summed E-state index contributed by atoms with van der Waals surface area (Å²) < 4.78 is 33.0. The largest absolute Gasteiger partial charge is 0.495 e. The summed E-state index contributed by atoms with van der Waals surface area (Å²) in [6.07, 6.45) is 0.779. The van der Waals surface area contributed by atoms with Crippen molar-refractivity contribution >= 4 is 16.0 Å². The van der Waals surface area contributed by atoms with E-state index in [4.69, 9.17) is 14.6 Å². The second-order valence-corrected chi connectivity index (χ2v) is 6.64. The van der Waals surface area contributed by atoms with Gasteiger partial charge in [0, 0.05) is 0 Å². The molecule has 0 unspecified atom stereocenters. The minimum atomic E-state index is -3.91. The fourth-order valence-electron chi connectivity index (χ4n) is 1.68. The van der Waals surface area contributed by atoms with Crippen LogP contribution in [-0.2, 0) is 26.0 Å². The number of ether oxygens (including phenoxy) is 2. The molecule has 6 nitrogen and oxygen atoms in total. The third-order valence-electron chi connectivity index (χ3n) is 2.84. The average Bonchev–Trinajstić information content (AvgIpc) is 2.37. The highest BCUT2D eigenvalue weighted by Gasteiger charge is 2.16. The predicted molar refractivity (Wildman–Crippen MR) is 78.5 cm³/mol. The molecule has 0 saturated heterocycles. The van der Waals surface area contributed by atoms with Crippen molar-refractivity contribution in [3.63, 3.8) is 0 Å². The number of benzene rings is 1. The van der Waals surface area contributed by atoms with Crippen LogP contribution < -0.4 is 9.88 Å². The van der Waals surface area contributed by atoms with Crippen LogP contribution in [0.3, 0.4) is 0 Å². The first kappa shape index (κ1) is 17.5. The lowest BCUT2D eigenvalue weighted by Crippen LogP contribution is -2.15. The van der Waals surface area contributed by atoms with E-state index in [1.165, 1.54) is 19.2 Å². The molecule has 0 radical (unpaired) electrons. The highest BCUT2D eigenvalue weighted by atomic mass is 32.2. The molecule has 0 aliphatic rings. The SMILES string of the molecule is COc1ccc(CC(=O)OCCC(C)C)cc1S(N)(=O)=O. The standard InChI is InChI=1S/C14H21NO5S/c1-10(2)6-7-20-14(16)9-11-4-5-12(19-3)13(8-11)21(15,17)18/h4-5,8,10H,6-7,9H2,1-3H3,(H2,15,17,18). The molecule has 118 valence electrons. The van der Waals surface area contributed by atoms with Gasteiger partial charge in [0.2, 0.25) is 10.0 Å². The van der Waals surface area contributed by atoms with Crippen LogP contribution in [0.4, 0.5) is 0 Å². The number of esters is 1. The molecule has 1 aromatic carbocycles. The summed E-state index contributed by atoms with van der Waals surface area (Å²) in [6, 6.07) is 4.41. The Hall–Kier alpha value is -1.60. The Kier molecular flexibility index (Phi) is 6.17. The lowest BCUT2D eigenvalue weighted by atomic mass is 10.1. The molecule has 0 bridgehead atoms. The van der Waals surface area contributed by atoms with Gasteiger partial charge in [0.05, 0.1) is 20.1 Å². The van der Waals surface area contributed by atoms with Crippen LogP contribution in [0.25, 0.3) is 0 Å². The molecule has 2 N–H and O–H groups in total. The zero-order chi connectivity index (χ0) is 16.0. The van der Waals surface area contributed by atoms with Crippen molar-refractivity contribution in [2.24, 2.45) is 11.1 Å². The van der Waals surface area contributed by atoms with E-state index < -0.39 is 16.0 Å². The Labute approximate surface area is 125 Å². The molecule has 0 heterocycles. The van der Waals surface area contributed by atoms with Gasteiger partial charge < -0.3 is 9.47 Å². The van der Waals surface area contributed by atoms with Crippen LogP contribution in [0.2, 0.25) is 0 Å². The van der Waals surface area contributed by atoms with Crippen molar-refractivity contribution in [1.29, 1.82) is 0 Å². The first-order chi connectivity index (χ1) is 9.74. The molecule has 0 spiro atoms. The summed E-state index contributed by atoms with van der Waals surface area (Å²) in [7, 11) is -2.56. The van der Waals surface area contributed by atoms with E-state index in [0.29, 0.717) is 18.1 Å². The van der Waals surface area contributed by atoms with Crippen LogP contribution in [0, 0.1) is 5.92 Å². The predicted octanol–water partition coefficient (Wildman–Crippen LogP) is 1.47. The molecule has 0 atom stereocenters. The number of rotatable bonds is 7. The van der Waals surface area contributed by atoms with E-state index in [2.05, 4.69) is 0 Å². The monoisotopic (exact) mass is 315 g/mol. The Morgan fingerprint density at radius 1 is 1.33 bits per heavy atom. The molecule has 0 aromatic heterocycles. The van der Waals surface area contributed by atoms with E-state index in [1.54, 1.807) is 6.07 Å². The van der Waals surface area contributed by atoms with Gasteiger partial charge in [-0.25, -0.2) is 13.6 Å². The first-order valence-electron chi connectivity index (χ1n) is 6.59. The van der Waals surface area contributed by atoms with Gasteiger partial charge in [-0.3, -0.25) is 4.79 Å². The summed E-state index contributed by atoms with van der Waals surface area (Å²) in [5.41, 5.74) is 0.509. The average molecular weight is 315 g/mol. The van der Waals surface area contributed by atoms with Gasteiger partial charge in [0.15, 0.2) is 0 Å². The topological polar surface area (TPSA) is 95.7 Å². The lowest BCUT2D eigenvalue weighted by molar-refractivity contribution is -0.143. The molecule has 0 aliphatic heterocycles. The number of carbonyl (C=O) groups is 1. The molecule has 1 aromatic rings. The van der Waals surface area contributed by atoms with Gasteiger partial charge in [-0.2, -0.15) is 0 Å². The van der Waals surface area contributed by atoms with Gasteiger partial charge in [0.1, 0.15) is 10.6 Å². The number of primary sulfonamides is 1. The molecular weight excluding hydrogens is 294 g/mol. The van der Waals surface area contributed by atoms with E-state index in [-0.39, 0.29) is 17.1 Å². The van der Waals surface area contributed by atoms with Crippen LogP contribution in [0.15, 0.2) is 23.1 Å². The van der Waals surface area contributed by atoms with E-state index >= 15 is 0 Å². The van der Waals surface area contributed by atoms with E-state index in [0.717, 1.165) is 6.42 Å². The van der Waals surface area contributed by atoms with Gasteiger partial charge in [0.25, 0.3) is 0 Å². The highest BCUT2D eigenvalue weighted by molar-refractivity contribution is 7.89. The van der Waals surface area contributed by atoms with Crippen molar-refractivity contribution in [2.75, 3.05) is 13.7 Å². The van der Waals surface area contributed by atoms with Crippen LogP contribution in [-0.4, -0.2) is 28.1 Å². The van der Waals surface area contributed by atoms with Gasteiger partial charge in [-0.15, -0.1) is 0 Å². The van der Waals surface area contributed by atoms with Crippen LogP contribution >= 0.6 is 0 Å². The number of hydrogen-bond donors (Lipinski definition) is 1. The molecule has 7 heteroatoms. The fraction of sp³-hybridized carbons (Fsp3) is 0.500. The highest BCUT2D eigenvalue weighted by Crippen LogP contribution is 2.24. The fourth-order valence-corrected chi connectivity index (χ4v) is 2.43. The molecule has 0 saturated carbocycles. The second-order valence-electron chi connectivity index (χ2n) is 5.11. The van der Waals surface area contributed by atoms with Crippen molar-refractivity contribution < 1.29 is 22.7 Å². The molecule has 0 fully saturated rings. The number of nitrogens with two attached hydrogens (primary N) is 1.